The number of carbonyl (C=O) groups is 1. The first-order valence-corrected chi connectivity index (χ1v) is 6.52. The van der Waals surface area contributed by atoms with E-state index in [0.29, 0.717) is 23.6 Å². The highest BCUT2D eigenvalue weighted by Gasteiger charge is 2.09. The minimum Gasteiger partial charge on any atom is -0.491 e. The van der Waals surface area contributed by atoms with E-state index < -0.39 is 5.82 Å². The molecule has 0 radical (unpaired) electrons. The molecule has 0 unspecified atom stereocenters. The molecular formula is C15H16FN3O2. The molecule has 5 nitrogen and oxygen atoms in total. The highest BCUT2D eigenvalue weighted by molar-refractivity contribution is 6.04. The molecular weight excluding hydrogens is 273 g/mol. The Bertz CT molecular complexity index is 647. The predicted octanol–water partition coefficient (Wildman–Crippen LogP) is 2.33. The second kappa shape index (κ2) is 6.81. The van der Waals surface area contributed by atoms with Crippen LogP contribution in [0.25, 0.3) is 0 Å². The third-order valence-corrected chi connectivity index (χ3v) is 2.78. The predicted molar refractivity (Wildman–Crippen MR) is 77.7 cm³/mol. The van der Waals surface area contributed by atoms with E-state index in [2.05, 4.69) is 10.3 Å². The van der Waals surface area contributed by atoms with Gasteiger partial charge < -0.3 is 15.8 Å². The van der Waals surface area contributed by atoms with Crippen LogP contribution in [0.4, 0.5) is 10.1 Å². The quantitative estimate of drug-likeness (QED) is 0.885. The highest BCUT2D eigenvalue weighted by Crippen LogP contribution is 2.21. The van der Waals surface area contributed by atoms with Crippen molar-refractivity contribution in [1.82, 2.24) is 4.98 Å². The maximum atomic E-state index is 13.7. The third-order valence-electron chi connectivity index (χ3n) is 2.78. The summed E-state index contributed by atoms with van der Waals surface area (Å²) in [6.07, 6.45) is 1.51. The molecule has 0 atom stereocenters. The highest BCUT2D eigenvalue weighted by atomic mass is 19.1. The van der Waals surface area contributed by atoms with Crippen LogP contribution in [0.5, 0.6) is 5.75 Å². The topological polar surface area (TPSA) is 77.2 Å². The van der Waals surface area contributed by atoms with Gasteiger partial charge in [-0.05, 0) is 31.2 Å². The Kier molecular flexibility index (Phi) is 4.84. The summed E-state index contributed by atoms with van der Waals surface area (Å²) in [4.78, 5) is 16.1. The van der Waals surface area contributed by atoms with Gasteiger partial charge in [0.15, 0.2) is 11.6 Å². The molecule has 2 aromatic rings. The van der Waals surface area contributed by atoms with E-state index in [1.54, 1.807) is 25.1 Å². The van der Waals surface area contributed by atoms with Gasteiger partial charge in [0.1, 0.15) is 0 Å². The molecule has 110 valence electrons. The average molecular weight is 289 g/mol. The van der Waals surface area contributed by atoms with Crippen LogP contribution in [0.3, 0.4) is 0 Å². The van der Waals surface area contributed by atoms with Crippen molar-refractivity contribution in [2.24, 2.45) is 5.73 Å². The second-order valence-corrected chi connectivity index (χ2v) is 4.27. The number of carbonyl (C=O) groups excluding carboxylic acids is 1. The lowest BCUT2D eigenvalue weighted by Crippen LogP contribution is -2.13. The molecule has 1 amide bonds. The molecule has 0 aliphatic rings. The molecule has 2 rings (SSSR count). The van der Waals surface area contributed by atoms with Crippen molar-refractivity contribution in [2.75, 3.05) is 11.9 Å². The Morgan fingerprint density at radius 2 is 2.19 bits per heavy atom. The van der Waals surface area contributed by atoms with E-state index in [4.69, 9.17) is 10.5 Å². The van der Waals surface area contributed by atoms with E-state index in [1.807, 2.05) is 0 Å². The van der Waals surface area contributed by atoms with Gasteiger partial charge in [0.2, 0.25) is 0 Å². The Labute approximate surface area is 121 Å². The lowest BCUT2D eigenvalue weighted by Gasteiger charge is -2.09. The number of halogens is 1. The molecule has 0 bridgehead atoms. The van der Waals surface area contributed by atoms with Crippen LogP contribution in [-0.4, -0.2) is 17.5 Å². The number of benzene rings is 1. The van der Waals surface area contributed by atoms with E-state index in [-0.39, 0.29) is 18.2 Å². The number of ether oxygens (including phenoxy) is 1. The largest absolute Gasteiger partial charge is 0.491 e. The Morgan fingerprint density at radius 3 is 2.86 bits per heavy atom. The molecule has 0 aliphatic heterocycles. The smallest absolute Gasteiger partial charge is 0.255 e. The molecule has 0 saturated carbocycles. The molecule has 6 heteroatoms. The standard InChI is InChI=1S/C15H16FN3O2/c1-2-21-14-4-3-11(8-13(14)16)19-15(20)10-5-6-18-12(7-10)9-17/h3-8H,2,9,17H2,1H3,(H,19,20). The van der Waals surface area contributed by atoms with Crippen LogP contribution in [0.15, 0.2) is 36.5 Å². The third kappa shape index (κ3) is 3.76. The molecule has 1 heterocycles. The van der Waals surface area contributed by atoms with Gasteiger partial charge >= 0.3 is 0 Å². The van der Waals surface area contributed by atoms with Gasteiger partial charge in [0.25, 0.3) is 5.91 Å². The SMILES string of the molecule is CCOc1ccc(NC(=O)c2ccnc(CN)c2)cc1F. The lowest BCUT2D eigenvalue weighted by molar-refractivity contribution is 0.102. The van der Waals surface area contributed by atoms with Gasteiger partial charge in [-0.1, -0.05) is 0 Å². The van der Waals surface area contributed by atoms with E-state index in [1.165, 1.54) is 18.3 Å². The molecule has 0 spiro atoms. The van der Waals surface area contributed by atoms with Gasteiger partial charge in [0.05, 0.1) is 12.3 Å². The maximum absolute atomic E-state index is 13.7. The fourth-order valence-electron chi connectivity index (χ4n) is 1.79. The van der Waals surface area contributed by atoms with Crippen LogP contribution in [0.2, 0.25) is 0 Å². The molecule has 3 N–H and O–H groups in total. The summed E-state index contributed by atoms with van der Waals surface area (Å²) in [5, 5.41) is 2.62. The number of anilines is 1. The number of nitrogens with zero attached hydrogens (tertiary/aromatic N) is 1. The van der Waals surface area contributed by atoms with Gasteiger partial charge in [0, 0.05) is 30.1 Å². The zero-order valence-corrected chi connectivity index (χ0v) is 11.6. The summed E-state index contributed by atoms with van der Waals surface area (Å²) in [6, 6.07) is 7.44. The molecule has 21 heavy (non-hydrogen) atoms. The average Bonchev–Trinajstić information content (AvgIpc) is 2.50. The first-order chi connectivity index (χ1) is 10.1. The number of nitrogens with two attached hydrogens (primary N) is 1. The number of hydrogen-bond acceptors (Lipinski definition) is 4. The minimum absolute atomic E-state index is 0.157. The van der Waals surface area contributed by atoms with Crippen molar-refractivity contribution in [3.63, 3.8) is 0 Å². The number of amides is 1. The van der Waals surface area contributed by atoms with Gasteiger partial charge in [-0.25, -0.2) is 4.39 Å². The zero-order valence-electron chi connectivity index (χ0n) is 11.6. The first-order valence-electron chi connectivity index (χ1n) is 6.52. The molecule has 1 aromatic carbocycles. The van der Waals surface area contributed by atoms with Gasteiger partial charge in [-0.3, -0.25) is 9.78 Å². The summed E-state index contributed by atoms with van der Waals surface area (Å²) < 4.78 is 18.8. The molecule has 1 aromatic heterocycles. The fraction of sp³-hybridized carbons (Fsp3) is 0.200. The number of nitrogens with one attached hydrogen (secondary N) is 1. The second-order valence-electron chi connectivity index (χ2n) is 4.27. The number of aromatic nitrogens is 1. The summed E-state index contributed by atoms with van der Waals surface area (Å²) in [6.45, 7) is 2.40. The van der Waals surface area contributed by atoms with Crippen molar-refractivity contribution in [2.45, 2.75) is 13.5 Å². The van der Waals surface area contributed by atoms with E-state index >= 15 is 0 Å². The van der Waals surface area contributed by atoms with Crippen molar-refractivity contribution in [3.05, 3.63) is 53.6 Å². The minimum atomic E-state index is -0.521. The van der Waals surface area contributed by atoms with E-state index in [9.17, 15) is 9.18 Å². The van der Waals surface area contributed by atoms with Gasteiger partial charge in [-0.2, -0.15) is 0 Å². The van der Waals surface area contributed by atoms with Crippen LogP contribution >= 0.6 is 0 Å². The zero-order chi connectivity index (χ0) is 15.2. The van der Waals surface area contributed by atoms with Crippen molar-refractivity contribution in [1.29, 1.82) is 0 Å². The molecule has 0 aliphatic carbocycles. The van der Waals surface area contributed by atoms with Crippen LogP contribution in [0, 0.1) is 5.82 Å². The normalized spacial score (nSPS) is 10.2. The lowest BCUT2D eigenvalue weighted by atomic mass is 10.2. The number of pyridine rings is 1. The van der Waals surface area contributed by atoms with Crippen LogP contribution in [-0.2, 0) is 6.54 Å². The van der Waals surface area contributed by atoms with Crippen LogP contribution < -0.4 is 15.8 Å². The fourth-order valence-corrected chi connectivity index (χ4v) is 1.79. The Hall–Kier alpha value is -2.47. The van der Waals surface area contributed by atoms with Gasteiger partial charge in [-0.15, -0.1) is 0 Å². The van der Waals surface area contributed by atoms with Crippen molar-refractivity contribution < 1.29 is 13.9 Å². The summed E-state index contributed by atoms with van der Waals surface area (Å²) in [7, 11) is 0. The van der Waals surface area contributed by atoms with Crippen molar-refractivity contribution >= 4 is 11.6 Å². The number of rotatable bonds is 5. The Balaban J connectivity index is 2.13. The molecule has 0 fully saturated rings. The summed E-state index contributed by atoms with van der Waals surface area (Å²) in [5.74, 6) is -0.715. The van der Waals surface area contributed by atoms with Crippen LogP contribution in [0.1, 0.15) is 23.0 Å². The summed E-state index contributed by atoms with van der Waals surface area (Å²) in [5.41, 5.74) is 6.86. The summed E-state index contributed by atoms with van der Waals surface area (Å²) >= 11 is 0. The maximum Gasteiger partial charge on any atom is 0.255 e. The monoisotopic (exact) mass is 289 g/mol. The molecule has 0 saturated heterocycles. The first kappa shape index (κ1) is 14.9. The Morgan fingerprint density at radius 1 is 1.38 bits per heavy atom. The number of hydrogen-bond donors (Lipinski definition) is 2. The van der Waals surface area contributed by atoms with Crippen molar-refractivity contribution in [3.8, 4) is 5.75 Å². The van der Waals surface area contributed by atoms with E-state index in [0.717, 1.165) is 0 Å².